The Morgan fingerprint density at radius 2 is 2.15 bits per heavy atom. The fraction of sp³-hybridized carbons (Fsp3) is 0.353. The van der Waals surface area contributed by atoms with Crippen LogP contribution in [-0.2, 0) is 11.3 Å². The van der Waals surface area contributed by atoms with Crippen LogP contribution in [0, 0.1) is 6.92 Å². The van der Waals surface area contributed by atoms with E-state index in [0.717, 1.165) is 17.0 Å². The lowest BCUT2D eigenvalue weighted by molar-refractivity contribution is -0.122. The van der Waals surface area contributed by atoms with Gasteiger partial charge in [-0.2, -0.15) is 5.10 Å². The molecule has 0 fully saturated rings. The number of tetrazole rings is 1. The number of rotatable bonds is 7. The molecule has 0 aliphatic heterocycles. The average molecular weight is 355 g/mol. The molecule has 3 aromatic rings. The molecule has 1 amide bonds. The minimum atomic E-state index is -0.166. The fourth-order valence-electron chi connectivity index (χ4n) is 2.57. The van der Waals surface area contributed by atoms with Crippen molar-refractivity contribution >= 4 is 5.91 Å². The summed E-state index contributed by atoms with van der Waals surface area (Å²) in [6, 6.07) is 7.46. The first-order valence-electron chi connectivity index (χ1n) is 8.28. The van der Waals surface area contributed by atoms with E-state index in [2.05, 4.69) is 25.9 Å². The standard InChI is InChI=1S/C17H21N7O2/c1-12(19-17(25)8-9-23-13(2)20-21-22-23)14-10-18-24(11-14)15-6-4-5-7-16(15)26-3/h4-7,10-12H,8-9H2,1-3H3,(H,19,25)/t12-/m1/s1. The Morgan fingerprint density at radius 1 is 1.35 bits per heavy atom. The van der Waals surface area contributed by atoms with Crippen LogP contribution < -0.4 is 10.1 Å². The van der Waals surface area contributed by atoms with Crippen LogP contribution in [0.5, 0.6) is 5.75 Å². The summed E-state index contributed by atoms with van der Waals surface area (Å²) in [5.74, 6) is 1.34. The Kier molecular flexibility index (Phi) is 5.26. The van der Waals surface area contributed by atoms with Crippen LogP contribution in [0.2, 0.25) is 0 Å². The number of hydrogen-bond acceptors (Lipinski definition) is 6. The summed E-state index contributed by atoms with van der Waals surface area (Å²) in [7, 11) is 1.62. The minimum Gasteiger partial charge on any atom is -0.494 e. The Balaban J connectivity index is 1.62. The van der Waals surface area contributed by atoms with E-state index in [1.807, 2.05) is 37.4 Å². The maximum absolute atomic E-state index is 12.2. The molecule has 1 atom stereocenters. The zero-order chi connectivity index (χ0) is 18.5. The summed E-state index contributed by atoms with van der Waals surface area (Å²) in [4.78, 5) is 12.2. The number of para-hydroxylation sites is 2. The summed E-state index contributed by atoms with van der Waals surface area (Å²) >= 11 is 0. The normalized spacial score (nSPS) is 12.0. The van der Waals surface area contributed by atoms with Gasteiger partial charge in [-0.1, -0.05) is 12.1 Å². The van der Waals surface area contributed by atoms with Gasteiger partial charge in [0.15, 0.2) is 0 Å². The summed E-state index contributed by atoms with van der Waals surface area (Å²) < 4.78 is 8.70. The lowest BCUT2D eigenvalue weighted by Crippen LogP contribution is -2.27. The van der Waals surface area contributed by atoms with Gasteiger partial charge in [0.25, 0.3) is 0 Å². The highest BCUT2D eigenvalue weighted by Gasteiger charge is 2.14. The lowest BCUT2D eigenvalue weighted by atomic mass is 10.2. The van der Waals surface area contributed by atoms with Gasteiger partial charge in [-0.3, -0.25) is 4.79 Å². The van der Waals surface area contributed by atoms with Crippen LogP contribution in [0.1, 0.15) is 30.8 Å². The summed E-state index contributed by atoms with van der Waals surface area (Å²) in [6.45, 7) is 4.16. The molecule has 2 aromatic heterocycles. The molecule has 0 aliphatic carbocycles. The van der Waals surface area contributed by atoms with Crippen LogP contribution in [0.3, 0.4) is 0 Å². The second-order valence-electron chi connectivity index (χ2n) is 5.88. The number of nitrogens with zero attached hydrogens (tertiary/aromatic N) is 6. The Hall–Kier alpha value is -3.23. The molecule has 9 nitrogen and oxygen atoms in total. The third-order valence-corrected chi connectivity index (χ3v) is 4.07. The molecule has 3 rings (SSSR count). The highest BCUT2D eigenvalue weighted by molar-refractivity contribution is 5.76. The van der Waals surface area contributed by atoms with E-state index in [-0.39, 0.29) is 11.9 Å². The molecule has 0 spiro atoms. The summed E-state index contributed by atoms with van der Waals surface area (Å²) in [5, 5.41) is 18.5. The Labute approximate surface area is 151 Å². The van der Waals surface area contributed by atoms with Crippen molar-refractivity contribution < 1.29 is 9.53 Å². The van der Waals surface area contributed by atoms with E-state index in [9.17, 15) is 4.79 Å². The maximum atomic E-state index is 12.2. The highest BCUT2D eigenvalue weighted by atomic mass is 16.5. The minimum absolute atomic E-state index is 0.0718. The topological polar surface area (TPSA) is 99.8 Å². The number of nitrogens with one attached hydrogen (secondary N) is 1. The van der Waals surface area contributed by atoms with E-state index < -0.39 is 0 Å². The Morgan fingerprint density at radius 3 is 2.88 bits per heavy atom. The first kappa shape index (κ1) is 17.6. The van der Waals surface area contributed by atoms with Gasteiger partial charge in [0.2, 0.25) is 5.91 Å². The zero-order valence-electron chi connectivity index (χ0n) is 15.0. The van der Waals surface area contributed by atoms with E-state index in [1.165, 1.54) is 0 Å². The summed E-state index contributed by atoms with van der Waals surface area (Å²) in [6.07, 6.45) is 3.92. The van der Waals surface area contributed by atoms with Gasteiger partial charge in [-0.05, 0) is 36.4 Å². The van der Waals surface area contributed by atoms with Gasteiger partial charge in [-0.25, -0.2) is 9.36 Å². The molecule has 0 bridgehead atoms. The molecule has 9 heteroatoms. The molecule has 26 heavy (non-hydrogen) atoms. The van der Waals surface area contributed by atoms with Gasteiger partial charge in [0, 0.05) is 18.2 Å². The molecule has 0 saturated heterocycles. The second kappa shape index (κ2) is 7.77. The summed E-state index contributed by atoms with van der Waals surface area (Å²) in [5.41, 5.74) is 1.75. The van der Waals surface area contributed by atoms with Gasteiger partial charge in [0.1, 0.15) is 17.3 Å². The molecule has 0 unspecified atom stereocenters. The molecular weight excluding hydrogens is 334 g/mol. The SMILES string of the molecule is COc1ccccc1-n1cc([C@@H](C)NC(=O)CCn2nnnc2C)cn1. The number of carbonyl (C=O) groups excluding carboxylic acids is 1. The van der Waals surface area contributed by atoms with E-state index in [1.54, 1.807) is 29.6 Å². The van der Waals surface area contributed by atoms with Crippen LogP contribution in [0.25, 0.3) is 5.69 Å². The number of amides is 1. The second-order valence-corrected chi connectivity index (χ2v) is 5.88. The molecule has 1 aromatic carbocycles. The molecule has 1 N–H and O–H groups in total. The number of benzene rings is 1. The molecule has 0 saturated carbocycles. The van der Waals surface area contributed by atoms with Crippen molar-refractivity contribution in [3.63, 3.8) is 0 Å². The zero-order valence-corrected chi connectivity index (χ0v) is 15.0. The van der Waals surface area contributed by atoms with Crippen molar-refractivity contribution in [2.45, 2.75) is 32.9 Å². The van der Waals surface area contributed by atoms with Crippen molar-refractivity contribution in [3.05, 3.63) is 48.0 Å². The number of aryl methyl sites for hydroxylation is 2. The van der Waals surface area contributed by atoms with Crippen LogP contribution in [0.4, 0.5) is 0 Å². The number of hydrogen-bond donors (Lipinski definition) is 1. The van der Waals surface area contributed by atoms with Gasteiger partial charge in [0.05, 0.1) is 25.9 Å². The van der Waals surface area contributed by atoms with Crippen LogP contribution >= 0.6 is 0 Å². The van der Waals surface area contributed by atoms with E-state index >= 15 is 0 Å². The van der Waals surface area contributed by atoms with Gasteiger partial charge in [-0.15, -0.1) is 5.10 Å². The highest BCUT2D eigenvalue weighted by Crippen LogP contribution is 2.22. The average Bonchev–Trinajstić information content (AvgIpc) is 3.29. The third-order valence-electron chi connectivity index (χ3n) is 4.07. The smallest absolute Gasteiger partial charge is 0.222 e. The predicted molar refractivity (Wildman–Crippen MR) is 93.8 cm³/mol. The van der Waals surface area contributed by atoms with Crippen molar-refractivity contribution in [2.75, 3.05) is 7.11 Å². The van der Waals surface area contributed by atoms with Crippen molar-refractivity contribution in [1.29, 1.82) is 0 Å². The van der Waals surface area contributed by atoms with E-state index in [4.69, 9.17) is 4.74 Å². The molecule has 2 heterocycles. The van der Waals surface area contributed by atoms with E-state index in [0.29, 0.717) is 18.8 Å². The number of carbonyl (C=O) groups is 1. The van der Waals surface area contributed by atoms with Gasteiger partial charge >= 0.3 is 0 Å². The first-order chi connectivity index (χ1) is 12.6. The maximum Gasteiger partial charge on any atom is 0.222 e. The molecule has 0 radical (unpaired) electrons. The number of aromatic nitrogens is 6. The van der Waals surface area contributed by atoms with Crippen molar-refractivity contribution in [1.82, 2.24) is 35.3 Å². The van der Waals surface area contributed by atoms with Crippen molar-refractivity contribution in [2.24, 2.45) is 0 Å². The number of methoxy groups -OCH3 is 1. The van der Waals surface area contributed by atoms with Gasteiger partial charge < -0.3 is 10.1 Å². The largest absolute Gasteiger partial charge is 0.494 e. The quantitative estimate of drug-likeness (QED) is 0.688. The van der Waals surface area contributed by atoms with Crippen molar-refractivity contribution in [3.8, 4) is 11.4 Å². The predicted octanol–water partition coefficient (Wildman–Crippen LogP) is 1.44. The van der Waals surface area contributed by atoms with Crippen LogP contribution in [0.15, 0.2) is 36.7 Å². The fourth-order valence-corrected chi connectivity index (χ4v) is 2.57. The number of ether oxygens (including phenoxy) is 1. The monoisotopic (exact) mass is 355 g/mol. The molecule has 136 valence electrons. The van der Waals surface area contributed by atoms with Crippen LogP contribution in [-0.4, -0.2) is 43.0 Å². The molecule has 0 aliphatic rings. The Bertz CT molecular complexity index is 887. The molecular formula is C17H21N7O2. The third kappa shape index (κ3) is 3.88. The first-order valence-corrected chi connectivity index (χ1v) is 8.28. The lowest BCUT2D eigenvalue weighted by Gasteiger charge is -2.12.